The van der Waals surface area contributed by atoms with E-state index in [1.165, 1.54) is 11.8 Å². The van der Waals surface area contributed by atoms with Gasteiger partial charge in [-0.15, -0.1) is 10.2 Å². The molecule has 8 heteroatoms. The van der Waals surface area contributed by atoms with E-state index < -0.39 is 15.1 Å². The normalized spacial score (nSPS) is 19.1. The molecule has 2 heterocycles. The predicted octanol–water partition coefficient (Wildman–Crippen LogP) is 3.08. The highest BCUT2D eigenvalue weighted by atomic mass is 32.2. The van der Waals surface area contributed by atoms with Crippen molar-refractivity contribution >= 4 is 38.3 Å². The summed E-state index contributed by atoms with van der Waals surface area (Å²) >= 11 is 1.33. The number of aromatic nitrogens is 2. The fourth-order valence-corrected chi connectivity index (χ4v) is 6.00. The average Bonchev–Trinajstić information content (AvgIpc) is 3.07. The van der Waals surface area contributed by atoms with Gasteiger partial charge in [0.1, 0.15) is 10.7 Å². The van der Waals surface area contributed by atoms with Crippen molar-refractivity contribution in [3.63, 3.8) is 0 Å². The zero-order chi connectivity index (χ0) is 20.4. The van der Waals surface area contributed by atoms with Gasteiger partial charge < -0.3 is 5.32 Å². The van der Waals surface area contributed by atoms with Crippen LogP contribution in [0.4, 0.5) is 0 Å². The first-order chi connectivity index (χ1) is 13.9. The molecule has 0 bridgehead atoms. The van der Waals surface area contributed by atoms with Gasteiger partial charge in [-0.3, -0.25) is 4.79 Å². The highest BCUT2D eigenvalue weighted by Crippen LogP contribution is 2.33. The van der Waals surface area contributed by atoms with E-state index in [1.54, 1.807) is 6.92 Å². The molecule has 1 fully saturated rings. The Hall–Kier alpha value is -2.45. The Morgan fingerprint density at radius 1 is 1.07 bits per heavy atom. The van der Waals surface area contributed by atoms with Crippen molar-refractivity contribution in [2.24, 2.45) is 0 Å². The topological polar surface area (TPSA) is 89.0 Å². The lowest BCUT2D eigenvalue weighted by molar-refractivity contribution is -0.120. The maximum absolute atomic E-state index is 12.6. The predicted molar refractivity (Wildman–Crippen MR) is 115 cm³/mol. The molecule has 0 radical (unpaired) electrons. The summed E-state index contributed by atoms with van der Waals surface area (Å²) in [5.41, 5.74) is 1.79. The minimum atomic E-state index is -3.03. The van der Waals surface area contributed by atoms with Gasteiger partial charge in [0.05, 0.1) is 16.8 Å². The molecular weight excluding hydrogens is 406 g/mol. The van der Waals surface area contributed by atoms with E-state index in [1.807, 2.05) is 54.6 Å². The van der Waals surface area contributed by atoms with Crippen molar-refractivity contribution in [2.75, 3.05) is 11.5 Å². The third-order valence-corrected chi connectivity index (χ3v) is 7.80. The number of hydrogen-bond donors (Lipinski definition) is 1. The summed E-state index contributed by atoms with van der Waals surface area (Å²) in [6.07, 6.45) is 0.472. The van der Waals surface area contributed by atoms with Crippen molar-refractivity contribution in [3.05, 3.63) is 54.6 Å². The molecule has 1 N–H and O–H groups in total. The maximum Gasteiger partial charge on any atom is 0.233 e. The number of hydrogen-bond acceptors (Lipinski definition) is 6. The first kappa shape index (κ1) is 19.8. The molecule has 0 aliphatic carbocycles. The molecule has 150 valence electrons. The second-order valence-electron chi connectivity index (χ2n) is 7.13. The van der Waals surface area contributed by atoms with Crippen LogP contribution in [-0.2, 0) is 14.6 Å². The quantitative estimate of drug-likeness (QED) is 0.630. The van der Waals surface area contributed by atoms with Crippen molar-refractivity contribution in [1.29, 1.82) is 0 Å². The zero-order valence-electron chi connectivity index (χ0n) is 15.9. The Bertz CT molecular complexity index is 1150. The van der Waals surface area contributed by atoms with Crippen LogP contribution in [0.3, 0.4) is 0 Å². The SMILES string of the molecule is C[C@H](Sc1nnc(-c2ccccc2)c2ccccc12)C(=O)N[C@H]1CCS(=O)(=O)C1. The number of sulfone groups is 1. The lowest BCUT2D eigenvalue weighted by Gasteiger charge is -2.16. The summed E-state index contributed by atoms with van der Waals surface area (Å²) in [5, 5.41) is 13.9. The first-order valence-electron chi connectivity index (χ1n) is 9.41. The molecular formula is C21H21N3O3S2. The standard InChI is InChI=1S/C21H21N3O3S2/c1-14(20(25)22-16-11-12-29(26,27)13-16)28-21-18-10-6-5-9-17(18)19(23-24-21)15-7-3-2-4-8-15/h2-10,14,16H,11-13H2,1H3,(H,22,25)/t14-,16-/m0/s1. The van der Waals surface area contributed by atoms with E-state index in [4.69, 9.17) is 0 Å². The average molecular weight is 428 g/mol. The van der Waals surface area contributed by atoms with E-state index >= 15 is 0 Å². The van der Waals surface area contributed by atoms with Crippen LogP contribution in [-0.4, -0.2) is 47.3 Å². The number of fused-ring (bicyclic) bond motifs is 1. The molecule has 3 aromatic rings. The molecule has 1 amide bonds. The Balaban J connectivity index is 1.56. The van der Waals surface area contributed by atoms with E-state index in [0.29, 0.717) is 11.4 Å². The summed E-state index contributed by atoms with van der Waals surface area (Å²) in [6, 6.07) is 17.5. The lowest BCUT2D eigenvalue weighted by atomic mass is 10.1. The monoisotopic (exact) mass is 427 g/mol. The van der Waals surface area contributed by atoms with Crippen LogP contribution < -0.4 is 5.32 Å². The van der Waals surface area contributed by atoms with E-state index in [2.05, 4.69) is 15.5 Å². The molecule has 1 saturated heterocycles. The van der Waals surface area contributed by atoms with Crippen LogP contribution in [0.25, 0.3) is 22.0 Å². The minimum Gasteiger partial charge on any atom is -0.351 e. The Morgan fingerprint density at radius 2 is 1.76 bits per heavy atom. The summed E-state index contributed by atoms with van der Waals surface area (Å²) in [4.78, 5) is 12.6. The molecule has 4 rings (SSSR count). The van der Waals surface area contributed by atoms with Crippen LogP contribution in [0, 0.1) is 0 Å². The molecule has 6 nitrogen and oxygen atoms in total. The van der Waals surface area contributed by atoms with E-state index in [0.717, 1.165) is 22.0 Å². The van der Waals surface area contributed by atoms with Gasteiger partial charge in [-0.2, -0.15) is 0 Å². The number of carbonyl (C=O) groups excluding carboxylic acids is 1. The third kappa shape index (κ3) is 4.43. The molecule has 1 aliphatic heterocycles. The summed E-state index contributed by atoms with van der Waals surface area (Å²) in [6.45, 7) is 1.80. The Morgan fingerprint density at radius 3 is 2.45 bits per heavy atom. The Kier molecular flexibility index (Phi) is 5.56. The first-order valence-corrected chi connectivity index (χ1v) is 12.1. The molecule has 2 aromatic carbocycles. The van der Waals surface area contributed by atoms with Crippen LogP contribution in [0.15, 0.2) is 59.6 Å². The molecule has 1 aromatic heterocycles. The molecule has 29 heavy (non-hydrogen) atoms. The summed E-state index contributed by atoms with van der Waals surface area (Å²) in [5.74, 6) is -0.0311. The molecule has 0 spiro atoms. The highest BCUT2D eigenvalue weighted by Gasteiger charge is 2.30. The fraction of sp³-hybridized carbons (Fsp3) is 0.286. The number of nitrogens with one attached hydrogen (secondary N) is 1. The van der Waals surface area contributed by atoms with Gasteiger partial charge in [-0.25, -0.2) is 8.42 Å². The largest absolute Gasteiger partial charge is 0.351 e. The number of thioether (sulfide) groups is 1. The van der Waals surface area contributed by atoms with Gasteiger partial charge in [0.15, 0.2) is 9.84 Å². The smallest absolute Gasteiger partial charge is 0.233 e. The minimum absolute atomic E-state index is 0.0185. The van der Waals surface area contributed by atoms with Gasteiger partial charge in [0.25, 0.3) is 0 Å². The second kappa shape index (κ2) is 8.12. The van der Waals surface area contributed by atoms with Gasteiger partial charge in [0, 0.05) is 22.4 Å². The maximum atomic E-state index is 12.6. The van der Waals surface area contributed by atoms with Crippen molar-refractivity contribution in [3.8, 4) is 11.3 Å². The lowest BCUT2D eigenvalue weighted by Crippen LogP contribution is -2.39. The van der Waals surface area contributed by atoms with Crippen molar-refractivity contribution < 1.29 is 13.2 Å². The Labute approximate surface area is 174 Å². The number of carbonyl (C=O) groups is 1. The van der Waals surface area contributed by atoms with E-state index in [9.17, 15) is 13.2 Å². The van der Waals surface area contributed by atoms with Gasteiger partial charge in [-0.05, 0) is 13.3 Å². The molecule has 0 unspecified atom stereocenters. The van der Waals surface area contributed by atoms with Crippen LogP contribution in [0.5, 0.6) is 0 Å². The van der Waals surface area contributed by atoms with Crippen LogP contribution in [0.2, 0.25) is 0 Å². The summed E-state index contributed by atoms with van der Waals surface area (Å²) < 4.78 is 23.2. The van der Waals surface area contributed by atoms with E-state index in [-0.39, 0.29) is 23.5 Å². The van der Waals surface area contributed by atoms with Gasteiger partial charge in [-0.1, -0.05) is 66.4 Å². The number of amides is 1. The van der Waals surface area contributed by atoms with Crippen molar-refractivity contribution in [1.82, 2.24) is 15.5 Å². The molecule has 1 aliphatic rings. The van der Waals surface area contributed by atoms with Crippen LogP contribution in [0.1, 0.15) is 13.3 Å². The highest BCUT2D eigenvalue weighted by molar-refractivity contribution is 8.00. The van der Waals surface area contributed by atoms with Gasteiger partial charge >= 0.3 is 0 Å². The molecule has 0 saturated carbocycles. The summed E-state index contributed by atoms with van der Waals surface area (Å²) in [7, 11) is -3.03. The number of rotatable bonds is 5. The fourth-order valence-electron chi connectivity index (χ4n) is 3.42. The molecule has 2 atom stereocenters. The zero-order valence-corrected chi connectivity index (χ0v) is 17.5. The van der Waals surface area contributed by atoms with Crippen molar-refractivity contribution in [2.45, 2.75) is 29.7 Å². The van der Waals surface area contributed by atoms with Crippen LogP contribution >= 0.6 is 11.8 Å². The number of nitrogens with zero attached hydrogens (tertiary/aromatic N) is 2. The number of benzene rings is 2. The second-order valence-corrected chi connectivity index (χ2v) is 10.7. The van der Waals surface area contributed by atoms with Gasteiger partial charge in [0.2, 0.25) is 5.91 Å². The third-order valence-electron chi connectivity index (χ3n) is 4.94.